The molecule has 1 unspecified atom stereocenters. The van der Waals surface area contributed by atoms with Crippen LogP contribution in [0.3, 0.4) is 0 Å². The zero-order valence-corrected chi connectivity index (χ0v) is 8.35. The van der Waals surface area contributed by atoms with Crippen LogP contribution in [0.5, 0.6) is 0 Å². The van der Waals surface area contributed by atoms with E-state index in [-0.39, 0.29) is 11.1 Å². The number of hydrogen-bond acceptors (Lipinski definition) is 4. The molecule has 6 nitrogen and oxygen atoms in total. The highest BCUT2D eigenvalue weighted by Gasteiger charge is 2.39. The smallest absolute Gasteiger partial charge is 0.268 e. The van der Waals surface area contributed by atoms with Crippen molar-refractivity contribution in [2.45, 2.75) is 0 Å². The Morgan fingerprint density at radius 2 is 2.00 bits per heavy atom. The first-order valence-corrected chi connectivity index (χ1v) is 5.45. The predicted octanol–water partition coefficient (Wildman–Crippen LogP) is 0.370. The minimum Gasteiger partial charge on any atom is -0.268 e. The summed E-state index contributed by atoms with van der Waals surface area (Å²) in [4.78, 5) is 36.3. The highest BCUT2D eigenvalue weighted by atomic mass is 31.1. The normalized spacial score (nSPS) is 15.5. The highest BCUT2D eigenvalue weighted by Crippen LogP contribution is 2.26. The van der Waals surface area contributed by atoms with Crippen LogP contribution in [0, 0.1) is 0 Å². The van der Waals surface area contributed by atoms with E-state index in [1.165, 1.54) is 18.5 Å². The average Bonchev–Trinajstić information content (AvgIpc) is 2.44. The second kappa shape index (κ2) is 3.49. The van der Waals surface area contributed by atoms with Crippen molar-refractivity contribution in [2.75, 3.05) is 6.29 Å². The molecule has 0 saturated carbocycles. The van der Waals surface area contributed by atoms with Crippen molar-refractivity contribution >= 4 is 19.8 Å². The third-order valence-electron chi connectivity index (χ3n) is 2.03. The number of amides is 2. The lowest BCUT2D eigenvalue weighted by Crippen LogP contribution is -2.29. The fourth-order valence-corrected chi connectivity index (χ4v) is 1.88. The monoisotopic (exact) mass is 225 g/mol. The Labute approximate surface area is 85.4 Å². The molecule has 0 radical (unpaired) electrons. The van der Waals surface area contributed by atoms with Gasteiger partial charge in [-0.1, -0.05) is 0 Å². The Bertz CT molecular complexity index is 438. The number of nitrogens with zero attached hydrogens (tertiary/aromatic N) is 2. The summed E-state index contributed by atoms with van der Waals surface area (Å²) >= 11 is 0. The van der Waals surface area contributed by atoms with Crippen LogP contribution >= 0.6 is 8.03 Å². The highest BCUT2D eigenvalue weighted by molar-refractivity contribution is 7.38. The molecule has 1 aromatic heterocycles. The molecular formula is C8H6N2O4P+. The number of aromatic nitrogens is 1. The van der Waals surface area contributed by atoms with Gasteiger partial charge >= 0.3 is 8.03 Å². The third-order valence-corrected chi connectivity index (χ3v) is 2.56. The van der Waals surface area contributed by atoms with Crippen molar-refractivity contribution in [3.05, 3.63) is 29.6 Å². The van der Waals surface area contributed by atoms with E-state index < -0.39 is 26.1 Å². The van der Waals surface area contributed by atoms with Gasteiger partial charge in [0.05, 0.1) is 11.1 Å². The minimum absolute atomic E-state index is 0.180. The van der Waals surface area contributed by atoms with Gasteiger partial charge in [-0.2, -0.15) is 4.89 Å². The van der Waals surface area contributed by atoms with E-state index in [4.69, 9.17) is 4.89 Å². The summed E-state index contributed by atoms with van der Waals surface area (Å²) in [6.07, 6.45) is 2.20. The summed E-state index contributed by atoms with van der Waals surface area (Å²) in [6, 6.07) is 1.42. The summed E-state index contributed by atoms with van der Waals surface area (Å²) in [6.45, 7) is 0. The molecule has 2 heterocycles. The molecule has 2 rings (SSSR count). The molecule has 0 aliphatic carbocycles. The van der Waals surface area contributed by atoms with Gasteiger partial charge in [-0.15, -0.1) is 0 Å². The first kappa shape index (κ1) is 9.89. The van der Waals surface area contributed by atoms with Crippen LogP contribution in [0.2, 0.25) is 0 Å². The molecule has 0 bridgehead atoms. The first-order chi connectivity index (χ1) is 7.11. The van der Waals surface area contributed by atoms with Crippen LogP contribution in [-0.2, 0) is 4.57 Å². The molecule has 0 spiro atoms. The molecule has 2 amide bonds. The van der Waals surface area contributed by atoms with Gasteiger partial charge in [0.25, 0.3) is 18.1 Å². The van der Waals surface area contributed by atoms with Crippen molar-refractivity contribution in [3.63, 3.8) is 0 Å². The number of rotatable bonds is 2. The Hall–Kier alpha value is -1.65. The van der Waals surface area contributed by atoms with E-state index in [1.54, 1.807) is 0 Å². The standard InChI is InChI=1S/C8H5N2O4P/c11-7-5-1-2-9-3-6(5)8(12)10(7)4-15(13)14/h1-3H,4H2/p+1. The Morgan fingerprint density at radius 3 is 2.60 bits per heavy atom. The number of pyridine rings is 1. The number of carbonyl (C=O) groups excluding carboxylic acids is 2. The van der Waals surface area contributed by atoms with Crippen LogP contribution in [0.4, 0.5) is 0 Å². The van der Waals surface area contributed by atoms with E-state index in [0.717, 1.165) is 4.90 Å². The molecule has 1 aliphatic rings. The summed E-state index contributed by atoms with van der Waals surface area (Å²) in [5.74, 6) is -1.12. The minimum atomic E-state index is -2.55. The van der Waals surface area contributed by atoms with Gasteiger partial charge < -0.3 is 0 Å². The molecule has 1 atom stereocenters. The molecule has 0 saturated heterocycles. The molecule has 0 aromatic carbocycles. The second-order valence-electron chi connectivity index (χ2n) is 2.95. The van der Waals surface area contributed by atoms with E-state index >= 15 is 0 Å². The number of imide groups is 1. The van der Waals surface area contributed by atoms with Crippen molar-refractivity contribution in [1.29, 1.82) is 0 Å². The fraction of sp³-hybridized carbons (Fsp3) is 0.125. The molecule has 1 N–H and O–H groups in total. The molecule has 7 heteroatoms. The maximum absolute atomic E-state index is 11.6. The van der Waals surface area contributed by atoms with Crippen molar-refractivity contribution in [2.24, 2.45) is 0 Å². The van der Waals surface area contributed by atoms with Gasteiger partial charge in [0.15, 0.2) is 0 Å². The summed E-state index contributed by atoms with van der Waals surface area (Å²) in [5.41, 5.74) is 0.409. The zero-order chi connectivity index (χ0) is 11.0. The quantitative estimate of drug-likeness (QED) is 0.580. The van der Waals surface area contributed by atoms with E-state index in [0.29, 0.717) is 0 Å². The number of carbonyl (C=O) groups is 2. The zero-order valence-electron chi connectivity index (χ0n) is 7.45. The Balaban J connectivity index is 2.41. The van der Waals surface area contributed by atoms with E-state index in [1.807, 2.05) is 0 Å². The molecule has 76 valence electrons. The number of hydrogen-bond donors (Lipinski definition) is 1. The fourth-order valence-electron chi connectivity index (χ4n) is 1.38. The summed E-state index contributed by atoms with van der Waals surface area (Å²) in [7, 11) is -2.55. The Morgan fingerprint density at radius 1 is 1.33 bits per heavy atom. The lowest BCUT2D eigenvalue weighted by Gasteiger charge is -2.03. The third kappa shape index (κ3) is 1.54. The lowest BCUT2D eigenvalue weighted by atomic mass is 10.2. The van der Waals surface area contributed by atoms with Crippen molar-refractivity contribution in [3.8, 4) is 0 Å². The van der Waals surface area contributed by atoms with Crippen LogP contribution in [0.25, 0.3) is 0 Å². The molecule has 1 aliphatic heterocycles. The van der Waals surface area contributed by atoms with Crippen LogP contribution < -0.4 is 0 Å². The molecule has 15 heavy (non-hydrogen) atoms. The van der Waals surface area contributed by atoms with Gasteiger partial charge in [0.1, 0.15) is 0 Å². The molecule has 1 aromatic rings. The van der Waals surface area contributed by atoms with Crippen LogP contribution in [-0.4, -0.2) is 32.9 Å². The van der Waals surface area contributed by atoms with Crippen molar-refractivity contribution in [1.82, 2.24) is 9.88 Å². The van der Waals surface area contributed by atoms with Gasteiger partial charge in [0.2, 0.25) is 0 Å². The van der Waals surface area contributed by atoms with Crippen LogP contribution in [0.15, 0.2) is 18.5 Å². The maximum Gasteiger partial charge on any atom is 0.528 e. The largest absolute Gasteiger partial charge is 0.528 e. The van der Waals surface area contributed by atoms with Gasteiger partial charge in [0, 0.05) is 12.4 Å². The second-order valence-corrected chi connectivity index (χ2v) is 3.94. The summed E-state index contributed by atoms with van der Waals surface area (Å²) < 4.78 is 10.6. The molecule has 0 fully saturated rings. The predicted molar refractivity (Wildman–Crippen MR) is 49.4 cm³/mol. The van der Waals surface area contributed by atoms with Crippen molar-refractivity contribution < 1.29 is 19.0 Å². The van der Waals surface area contributed by atoms with E-state index in [9.17, 15) is 14.2 Å². The lowest BCUT2D eigenvalue weighted by molar-refractivity contribution is 0.0678. The SMILES string of the molecule is O=C1c2ccncc2C(=O)N1C[P+](=O)O. The van der Waals surface area contributed by atoms with E-state index in [2.05, 4.69) is 4.98 Å². The van der Waals surface area contributed by atoms with Gasteiger partial charge in [-0.25, -0.2) is 4.90 Å². The first-order valence-electron chi connectivity index (χ1n) is 4.05. The maximum atomic E-state index is 11.6. The average molecular weight is 225 g/mol. The van der Waals surface area contributed by atoms with Gasteiger partial charge in [-0.3, -0.25) is 14.6 Å². The van der Waals surface area contributed by atoms with Crippen LogP contribution in [0.1, 0.15) is 20.7 Å². The summed E-state index contributed by atoms with van der Waals surface area (Å²) in [5, 5.41) is 0. The molecular weight excluding hydrogens is 219 g/mol. The van der Waals surface area contributed by atoms with Gasteiger partial charge in [-0.05, 0) is 10.6 Å². The number of fused-ring (bicyclic) bond motifs is 1. The topological polar surface area (TPSA) is 87.6 Å². The Kier molecular flexibility index (Phi) is 2.30.